The first-order valence-corrected chi connectivity index (χ1v) is 8.66. The van der Waals surface area contributed by atoms with Gasteiger partial charge in [0.15, 0.2) is 11.5 Å². The topological polar surface area (TPSA) is 69.7 Å². The Balaban J connectivity index is 2.07. The Labute approximate surface area is 147 Å². The zero-order chi connectivity index (χ0) is 18.0. The number of hydrogen-bond donors (Lipinski definition) is 0. The number of carbonyl (C=O) groups is 2. The molecule has 128 valence electrons. The minimum Gasteiger partial charge on any atom is -0.463 e. The summed E-state index contributed by atoms with van der Waals surface area (Å²) in [5.41, 5.74) is -0.0682. The van der Waals surface area contributed by atoms with Gasteiger partial charge in [-0.2, -0.15) is 0 Å². The summed E-state index contributed by atoms with van der Waals surface area (Å²) < 4.78 is 11.6. The van der Waals surface area contributed by atoms with Crippen molar-refractivity contribution in [3.8, 4) is 0 Å². The molecule has 6 heteroatoms. The Morgan fingerprint density at radius 1 is 1.08 bits per heavy atom. The molecule has 0 aliphatic heterocycles. The SMILES string of the molecule is CCOC(=O)C(C)OC(=O)c1cccc2sc3ccccc3c(=O)c12. The number of hydrogen-bond acceptors (Lipinski definition) is 6. The molecule has 1 unspecified atom stereocenters. The third-order valence-corrected chi connectivity index (χ3v) is 4.86. The van der Waals surface area contributed by atoms with E-state index in [0.29, 0.717) is 15.5 Å². The average Bonchev–Trinajstić information content (AvgIpc) is 2.61. The molecule has 0 amide bonds. The summed E-state index contributed by atoms with van der Waals surface area (Å²) in [4.78, 5) is 37.0. The molecule has 0 radical (unpaired) electrons. The van der Waals surface area contributed by atoms with Gasteiger partial charge in [-0.3, -0.25) is 4.79 Å². The number of esters is 2. The molecule has 1 heterocycles. The van der Waals surface area contributed by atoms with E-state index >= 15 is 0 Å². The summed E-state index contributed by atoms with van der Waals surface area (Å²) in [6.07, 6.45) is -1.04. The van der Waals surface area contributed by atoms with Crippen molar-refractivity contribution in [1.82, 2.24) is 0 Å². The van der Waals surface area contributed by atoms with Crippen LogP contribution in [-0.2, 0) is 14.3 Å². The zero-order valence-electron chi connectivity index (χ0n) is 13.8. The van der Waals surface area contributed by atoms with Crippen LogP contribution >= 0.6 is 11.3 Å². The van der Waals surface area contributed by atoms with Gasteiger partial charge in [-0.25, -0.2) is 9.59 Å². The second-order valence-corrected chi connectivity index (χ2v) is 6.49. The lowest BCUT2D eigenvalue weighted by molar-refractivity contribution is -0.152. The van der Waals surface area contributed by atoms with Gasteiger partial charge in [0.1, 0.15) is 0 Å². The normalized spacial score (nSPS) is 12.1. The molecule has 0 aliphatic carbocycles. The van der Waals surface area contributed by atoms with Crippen molar-refractivity contribution in [2.45, 2.75) is 20.0 Å². The van der Waals surface area contributed by atoms with Crippen LogP contribution in [0.1, 0.15) is 24.2 Å². The first-order valence-electron chi connectivity index (χ1n) is 7.85. The van der Waals surface area contributed by atoms with Crippen LogP contribution in [0.25, 0.3) is 20.2 Å². The number of rotatable bonds is 4. The lowest BCUT2D eigenvalue weighted by Gasteiger charge is -2.13. The van der Waals surface area contributed by atoms with Crippen molar-refractivity contribution in [3.63, 3.8) is 0 Å². The van der Waals surface area contributed by atoms with E-state index in [0.717, 1.165) is 4.70 Å². The predicted octanol–water partition coefficient (Wildman–Crippen LogP) is 3.52. The van der Waals surface area contributed by atoms with Crippen LogP contribution in [0.5, 0.6) is 0 Å². The largest absolute Gasteiger partial charge is 0.463 e. The molecular weight excluding hydrogens is 340 g/mol. The van der Waals surface area contributed by atoms with Gasteiger partial charge in [-0.1, -0.05) is 18.2 Å². The second kappa shape index (κ2) is 7.03. The second-order valence-electron chi connectivity index (χ2n) is 5.41. The van der Waals surface area contributed by atoms with Crippen LogP contribution in [0.4, 0.5) is 0 Å². The minimum atomic E-state index is -1.04. The van der Waals surface area contributed by atoms with Crippen LogP contribution in [0, 0.1) is 0 Å². The molecule has 5 nitrogen and oxygen atoms in total. The third-order valence-electron chi connectivity index (χ3n) is 3.73. The van der Waals surface area contributed by atoms with Gasteiger partial charge >= 0.3 is 11.9 Å². The number of ether oxygens (including phenoxy) is 2. The molecule has 0 fully saturated rings. The van der Waals surface area contributed by atoms with Crippen molar-refractivity contribution < 1.29 is 19.1 Å². The predicted molar refractivity (Wildman–Crippen MR) is 97.1 cm³/mol. The molecule has 1 atom stereocenters. The van der Waals surface area contributed by atoms with Crippen LogP contribution in [0.15, 0.2) is 47.3 Å². The number of fused-ring (bicyclic) bond motifs is 2. The quantitative estimate of drug-likeness (QED) is 0.528. The van der Waals surface area contributed by atoms with E-state index in [1.807, 2.05) is 12.1 Å². The molecule has 0 saturated heterocycles. The fraction of sp³-hybridized carbons (Fsp3) is 0.211. The van der Waals surface area contributed by atoms with Crippen molar-refractivity contribution in [1.29, 1.82) is 0 Å². The maximum Gasteiger partial charge on any atom is 0.347 e. The minimum absolute atomic E-state index is 0.153. The first-order chi connectivity index (χ1) is 12.0. The van der Waals surface area contributed by atoms with Crippen molar-refractivity contribution in [2.75, 3.05) is 6.61 Å². The lowest BCUT2D eigenvalue weighted by Crippen LogP contribution is -2.26. The average molecular weight is 356 g/mol. The van der Waals surface area contributed by atoms with Crippen molar-refractivity contribution in [2.24, 2.45) is 0 Å². The van der Waals surface area contributed by atoms with Crippen LogP contribution in [0.3, 0.4) is 0 Å². The van der Waals surface area contributed by atoms with E-state index in [1.54, 1.807) is 31.2 Å². The van der Waals surface area contributed by atoms with E-state index in [4.69, 9.17) is 9.47 Å². The van der Waals surface area contributed by atoms with E-state index in [1.165, 1.54) is 24.3 Å². The summed E-state index contributed by atoms with van der Waals surface area (Å²) in [6.45, 7) is 3.32. The summed E-state index contributed by atoms with van der Waals surface area (Å²) in [6, 6.07) is 12.3. The van der Waals surface area contributed by atoms with Gasteiger partial charge in [-0.15, -0.1) is 11.3 Å². The first kappa shape index (κ1) is 17.1. The number of benzene rings is 2. The molecule has 25 heavy (non-hydrogen) atoms. The van der Waals surface area contributed by atoms with Gasteiger partial charge in [0, 0.05) is 14.8 Å². The smallest absolute Gasteiger partial charge is 0.347 e. The molecule has 0 saturated carbocycles. The highest BCUT2D eigenvalue weighted by atomic mass is 32.1. The monoisotopic (exact) mass is 356 g/mol. The van der Waals surface area contributed by atoms with E-state index in [2.05, 4.69) is 0 Å². The highest BCUT2D eigenvalue weighted by Gasteiger charge is 2.22. The van der Waals surface area contributed by atoms with E-state index in [-0.39, 0.29) is 17.6 Å². The zero-order valence-corrected chi connectivity index (χ0v) is 14.6. The molecule has 3 rings (SSSR count). The fourth-order valence-electron chi connectivity index (χ4n) is 2.55. The van der Waals surface area contributed by atoms with Gasteiger partial charge in [0.05, 0.1) is 17.6 Å². The molecule has 0 bridgehead atoms. The summed E-state index contributed by atoms with van der Waals surface area (Å²) in [5, 5.41) is 0.867. The molecule has 0 aliphatic rings. The highest BCUT2D eigenvalue weighted by Crippen LogP contribution is 2.27. The standard InChI is InChI=1S/C19H16O5S/c1-3-23-18(21)11(2)24-19(22)13-8-6-10-15-16(13)17(20)12-7-4-5-9-14(12)25-15/h4-11H,3H2,1-2H3. The van der Waals surface area contributed by atoms with Crippen molar-refractivity contribution >= 4 is 43.4 Å². The Bertz CT molecular complexity index is 1020. The Morgan fingerprint density at radius 2 is 1.80 bits per heavy atom. The van der Waals surface area contributed by atoms with Gasteiger partial charge in [0.2, 0.25) is 0 Å². The third kappa shape index (κ3) is 3.25. The molecule has 3 aromatic rings. The summed E-state index contributed by atoms with van der Waals surface area (Å²) >= 11 is 1.43. The summed E-state index contributed by atoms with van der Waals surface area (Å²) in [5.74, 6) is -1.34. The number of carbonyl (C=O) groups excluding carboxylic acids is 2. The Kier molecular flexibility index (Phi) is 4.81. The molecule has 0 N–H and O–H groups in total. The molecule has 1 aromatic heterocycles. The van der Waals surface area contributed by atoms with Gasteiger partial charge in [-0.05, 0) is 38.1 Å². The fourth-order valence-corrected chi connectivity index (χ4v) is 3.65. The van der Waals surface area contributed by atoms with Crippen LogP contribution < -0.4 is 5.43 Å². The molecular formula is C19H16O5S. The lowest BCUT2D eigenvalue weighted by atomic mass is 10.1. The Morgan fingerprint density at radius 3 is 2.56 bits per heavy atom. The van der Waals surface area contributed by atoms with Crippen LogP contribution in [-0.4, -0.2) is 24.6 Å². The van der Waals surface area contributed by atoms with Crippen molar-refractivity contribution in [3.05, 3.63) is 58.3 Å². The van der Waals surface area contributed by atoms with E-state index in [9.17, 15) is 14.4 Å². The van der Waals surface area contributed by atoms with E-state index < -0.39 is 18.0 Å². The maximum atomic E-state index is 12.8. The van der Waals surface area contributed by atoms with Gasteiger partial charge in [0.25, 0.3) is 0 Å². The molecule has 2 aromatic carbocycles. The summed E-state index contributed by atoms with van der Waals surface area (Å²) in [7, 11) is 0. The van der Waals surface area contributed by atoms with Gasteiger partial charge < -0.3 is 9.47 Å². The Hall–Kier alpha value is -2.73. The molecule has 0 spiro atoms. The maximum absolute atomic E-state index is 12.8. The van der Waals surface area contributed by atoms with Crippen LogP contribution in [0.2, 0.25) is 0 Å². The highest BCUT2D eigenvalue weighted by molar-refractivity contribution is 7.24.